The minimum absolute atomic E-state index is 0.0726. The van der Waals surface area contributed by atoms with E-state index in [0.717, 1.165) is 0 Å². The summed E-state index contributed by atoms with van der Waals surface area (Å²) in [5.41, 5.74) is 0.00764. The Balaban J connectivity index is 2.44. The van der Waals surface area contributed by atoms with Gasteiger partial charge in [0.25, 0.3) is 0 Å². The number of hydrogen-bond acceptors (Lipinski definition) is 4. The van der Waals surface area contributed by atoms with E-state index in [4.69, 9.17) is 4.74 Å². The van der Waals surface area contributed by atoms with E-state index in [1.165, 1.54) is 18.2 Å². The summed E-state index contributed by atoms with van der Waals surface area (Å²) in [4.78, 5) is 11.1. The van der Waals surface area contributed by atoms with E-state index in [2.05, 4.69) is 0 Å². The summed E-state index contributed by atoms with van der Waals surface area (Å²) < 4.78 is 4.89. The van der Waals surface area contributed by atoms with Crippen LogP contribution in [-0.2, 0) is 14.9 Å². The topological polar surface area (TPSA) is 66.8 Å². The predicted molar refractivity (Wildman–Crippen MR) is 52.7 cm³/mol. The van der Waals surface area contributed by atoms with Crippen molar-refractivity contribution in [3.63, 3.8) is 0 Å². The zero-order valence-corrected chi connectivity index (χ0v) is 8.36. The Kier molecular flexibility index (Phi) is 2.07. The predicted octanol–water partition coefficient (Wildman–Crippen LogP) is 1.30. The van der Waals surface area contributed by atoms with Crippen LogP contribution in [0.2, 0.25) is 0 Å². The summed E-state index contributed by atoms with van der Waals surface area (Å²) in [6, 6.07) is 4.29. The lowest BCUT2D eigenvalue weighted by atomic mass is 9.81. The molecule has 1 unspecified atom stereocenters. The first-order valence-corrected chi connectivity index (χ1v) is 4.69. The van der Waals surface area contributed by atoms with Gasteiger partial charge in [-0.15, -0.1) is 0 Å². The lowest BCUT2D eigenvalue weighted by Gasteiger charge is -2.21. The van der Waals surface area contributed by atoms with Crippen molar-refractivity contribution >= 4 is 5.97 Å². The summed E-state index contributed by atoms with van der Waals surface area (Å²) in [5, 5.41) is 19.0. The fourth-order valence-corrected chi connectivity index (χ4v) is 1.84. The Labute approximate surface area is 87.1 Å². The van der Waals surface area contributed by atoms with Gasteiger partial charge in [0.05, 0.1) is 6.42 Å². The van der Waals surface area contributed by atoms with Crippen LogP contribution in [0.5, 0.6) is 11.5 Å². The monoisotopic (exact) mass is 208 g/mol. The van der Waals surface area contributed by atoms with E-state index in [1.54, 1.807) is 0 Å². The van der Waals surface area contributed by atoms with Gasteiger partial charge in [-0.25, -0.2) is 0 Å². The lowest BCUT2D eigenvalue weighted by Crippen LogP contribution is -2.21. The van der Waals surface area contributed by atoms with Gasteiger partial charge in [0.2, 0.25) is 0 Å². The number of phenolic OH excluding ortho intramolecular Hbond substituents is 2. The highest BCUT2D eigenvalue weighted by atomic mass is 16.5. The van der Waals surface area contributed by atoms with Crippen molar-refractivity contribution in [2.45, 2.75) is 18.8 Å². The number of esters is 1. The SMILES string of the molecule is CC1(c2cc(O)ccc2O)COC(=O)C1. The van der Waals surface area contributed by atoms with Gasteiger partial charge in [-0.3, -0.25) is 4.79 Å². The molecule has 1 heterocycles. The molecule has 2 rings (SSSR count). The first-order chi connectivity index (χ1) is 7.01. The average molecular weight is 208 g/mol. The molecule has 1 aliphatic rings. The maximum atomic E-state index is 11.1. The normalized spacial score (nSPS) is 25.3. The van der Waals surface area contributed by atoms with Crippen molar-refractivity contribution in [3.8, 4) is 11.5 Å². The molecule has 1 aromatic rings. The van der Waals surface area contributed by atoms with E-state index < -0.39 is 5.41 Å². The molecule has 0 bridgehead atoms. The molecule has 80 valence electrons. The maximum Gasteiger partial charge on any atom is 0.306 e. The fraction of sp³-hybridized carbons (Fsp3) is 0.364. The first kappa shape index (κ1) is 9.83. The second-order valence-corrected chi connectivity index (χ2v) is 4.10. The molecule has 0 saturated carbocycles. The second kappa shape index (κ2) is 3.15. The third kappa shape index (κ3) is 1.63. The quantitative estimate of drug-likeness (QED) is 0.539. The zero-order valence-electron chi connectivity index (χ0n) is 8.36. The van der Waals surface area contributed by atoms with Gasteiger partial charge in [-0.1, -0.05) is 6.92 Å². The number of carbonyl (C=O) groups excluding carboxylic acids is 1. The summed E-state index contributed by atoms with van der Waals surface area (Å²) in [5.74, 6) is -0.128. The highest BCUT2D eigenvalue weighted by Crippen LogP contribution is 2.39. The van der Waals surface area contributed by atoms with Gasteiger partial charge >= 0.3 is 5.97 Å². The molecule has 1 saturated heterocycles. The van der Waals surface area contributed by atoms with Crippen molar-refractivity contribution in [1.82, 2.24) is 0 Å². The second-order valence-electron chi connectivity index (χ2n) is 4.10. The molecule has 0 spiro atoms. The molecule has 1 atom stereocenters. The van der Waals surface area contributed by atoms with Crippen LogP contribution in [0.4, 0.5) is 0 Å². The summed E-state index contributed by atoms with van der Waals surface area (Å²) in [6.07, 6.45) is 0.226. The third-order valence-corrected chi connectivity index (χ3v) is 2.72. The molecule has 0 aromatic heterocycles. The van der Waals surface area contributed by atoms with Crippen LogP contribution in [0.3, 0.4) is 0 Å². The molecule has 1 aromatic carbocycles. The Morgan fingerprint density at radius 2 is 2.13 bits per heavy atom. The van der Waals surface area contributed by atoms with Crippen molar-refractivity contribution < 1.29 is 19.7 Å². The van der Waals surface area contributed by atoms with Crippen LogP contribution >= 0.6 is 0 Å². The Bertz CT molecular complexity index is 413. The average Bonchev–Trinajstić information content (AvgIpc) is 2.52. The van der Waals surface area contributed by atoms with E-state index in [0.29, 0.717) is 5.56 Å². The zero-order chi connectivity index (χ0) is 11.1. The third-order valence-electron chi connectivity index (χ3n) is 2.72. The molecule has 4 nitrogen and oxygen atoms in total. The molecule has 1 fully saturated rings. The van der Waals surface area contributed by atoms with Gasteiger partial charge in [0.15, 0.2) is 0 Å². The Morgan fingerprint density at radius 3 is 2.73 bits per heavy atom. The van der Waals surface area contributed by atoms with Gasteiger partial charge in [0, 0.05) is 11.0 Å². The van der Waals surface area contributed by atoms with Crippen LogP contribution in [0.1, 0.15) is 18.9 Å². The van der Waals surface area contributed by atoms with Crippen LogP contribution in [0.15, 0.2) is 18.2 Å². The van der Waals surface area contributed by atoms with Crippen molar-refractivity contribution in [2.75, 3.05) is 6.61 Å². The summed E-state index contributed by atoms with van der Waals surface area (Å²) in [6.45, 7) is 2.06. The fourth-order valence-electron chi connectivity index (χ4n) is 1.84. The lowest BCUT2D eigenvalue weighted by molar-refractivity contribution is -0.137. The molecule has 15 heavy (non-hydrogen) atoms. The van der Waals surface area contributed by atoms with Crippen molar-refractivity contribution in [2.24, 2.45) is 0 Å². The smallest absolute Gasteiger partial charge is 0.306 e. The molecule has 4 heteroatoms. The van der Waals surface area contributed by atoms with Gasteiger partial charge in [-0.2, -0.15) is 0 Å². The number of rotatable bonds is 1. The number of ether oxygens (including phenoxy) is 1. The summed E-state index contributed by atoms with van der Waals surface area (Å²) >= 11 is 0. The molecular formula is C11H12O4. The number of hydrogen-bond donors (Lipinski definition) is 2. The Hall–Kier alpha value is -1.71. The molecule has 2 N–H and O–H groups in total. The van der Waals surface area contributed by atoms with E-state index in [-0.39, 0.29) is 30.5 Å². The Morgan fingerprint density at radius 1 is 1.40 bits per heavy atom. The van der Waals surface area contributed by atoms with Gasteiger partial charge in [0.1, 0.15) is 18.1 Å². The van der Waals surface area contributed by atoms with Gasteiger partial charge < -0.3 is 14.9 Å². The van der Waals surface area contributed by atoms with Crippen LogP contribution in [-0.4, -0.2) is 22.8 Å². The maximum absolute atomic E-state index is 11.1. The van der Waals surface area contributed by atoms with E-state index in [1.807, 2.05) is 6.92 Å². The highest BCUT2D eigenvalue weighted by Gasteiger charge is 2.39. The largest absolute Gasteiger partial charge is 0.508 e. The number of benzene rings is 1. The number of carbonyl (C=O) groups is 1. The number of phenols is 2. The molecule has 0 radical (unpaired) electrons. The molecule has 0 aliphatic carbocycles. The molecule has 0 amide bonds. The first-order valence-electron chi connectivity index (χ1n) is 4.69. The minimum atomic E-state index is -0.542. The number of cyclic esters (lactones) is 1. The van der Waals surface area contributed by atoms with E-state index >= 15 is 0 Å². The summed E-state index contributed by atoms with van der Waals surface area (Å²) in [7, 11) is 0. The van der Waals surface area contributed by atoms with E-state index in [9.17, 15) is 15.0 Å². The van der Waals surface area contributed by atoms with Crippen molar-refractivity contribution in [1.29, 1.82) is 0 Å². The minimum Gasteiger partial charge on any atom is -0.508 e. The van der Waals surface area contributed by atoms with Crippen molar-refractivity contribution in [3.05, 3.63) is 23.8 Å². The van der Waals surface area contributed by atoms with Crippen LogP contribution in [0.25, 0.3) is 0 Å². The van der Waals surface area contributed by atoms with Crippen LogP contribution < -0.4 is 0 Å². The standard InChI is InChI=1S/C11H12O4/c1-11(5-10(14)15-6-11)8-4-7(12)2-3-9(8)13/h2-4,12-13H,5-6H2,1H3. The number of aromatic hydroxyl groups is 2. The molecule has 1 aliphatic heterocycles. The van der Waals surface area contributed by atoms with Gasteiger partial charge in [-0.05, 0) is 18.2 Å². The van der Waals surface area contributed by atoms with Crippen LogP contribution in [0, 0.1) is 0 Å². The highest BCUT2D eigenvalue weighted by molar-refractivity contribution is 5.74. The molecular weight excluding hydrogens is 196 g/mol.